The number of aliphatic hydroxyl groups excluding tert-OH is 1. The van der Waals surface area contributed by atoms with Gasteiger partial charge in [0.1, 0.15) is 4.75 Å². The van der Waals surface area contributed by atoms with Gasteiger partial charge in [0, 0.05) is 42.4 Å². The molecule has 3 atom stereocenters. The van der Waals surface area contributed by atoms with Crippen molar-refractivity contribution in [1.29, 1.82) is 0 Å². The molecule has 9 heteroatoms. The van der Waals surface area contributed by atoms with Gasteiger partial charge in [0.05, 0.1) is 6.54 Å². The Kier molecular flexibility index (Phi) is 5.85. The monoisotopic (exact) mass is 469 g/mol. The van der Waals surface area contributed by atoms with Crippen molar-refractivity contribution in [3.8, 4) is 11.8 Å². The summed E-state index contributed by atoms with van der Waals surface area (Å²) in [6.07, 6.45) is 3.60. The van der Waals surface area contributed by atoms with Gasteiger partial charge in [-0.25, -0.2) is 13.2 Å². The van der Waals surface area contributed by atoms with Gasteiger partial charge < -0.3 is 15.7 Å². The highest BCUT2D eigenvalue weighted by atomic mass is 32.2. The maximum Gasteiger partial charge on any atom is 0.328 e. The Hall–Kier alpha value is -3.09. The second-order valence-electron chi connectivity index (χ2n) is 9.07. The number of aromatic nitrogens is 1. The van der Waals surface area contributed by atoms with Gasteiger partial charge in [0.2, 0.25) is 5.91 Å². The Morgan fingerprint density at radius 3 is 2.45 bits per heavy atom. The molecule has 4 rings (SSSR count). The van der Waals surface area contributed by atoms with Gasteiger partial charge in [0.15, 0.2) is 9.84 Å². The van der Waals surface area contributed by atoms with Crippen molar-refractivity contribution in [3.05, 3.63) is 58.9 Å². The summed E-state index contributed by atoms with van der Waals surface area (Å²) in [6.45, 7) is 1.92. The number of sulfone groups is 1. The zero-order chi connectivity index (χ0) is 24.0. The molecule has 2 amide bonds. The standard InChI is InChI=1S/C24H27N3O5S/c1-24(22(25)29,33(2,31)32)9-10-26-14-20-11-17(13-27(20)23(26)30)4-3-16-5-7-18(8-6-16)21-12-19(21)15-28/h5-8,11,13,19,21,28H,9-10,12,14-15H2,1-2H3,(H2,25,29)/t19-,21?,24?/m1/s1. The molecule has 33 heavy (non-hydrogen) atoms. The number of rotatable bonds is 7. The van der Waals surface area contributed by atoms with E-state index >= 15 is 0 Å². The lowest BCUT2D eigenvalue weighted by Crippen LogP contribution is -2.49. The summed E-state index contributed by atoms with van der Waals surface area (Å²) in [5.41, 5.74) is 8.88. The summed E-state index contributed by atoms with van der Waals surface area (Å²) in [5, 5.41) is 9.21. The highest BCUT2D eigenvalue weighted by molar-refractivity contribution is 7.92. The third kappa shape index (κ3) is 4.41. The average Bonchev–Trinajstić information content (AvgIpc) is 3.36. The lowest BCUT2D eigenvalue weighted by Gasteiger charge is -2.26. The molecule has 174 valence electrons. The van der Waals surface area contributed by atoms with E-state index in [2.05, 4.69) is 11.8 Å². The van der Waals surface area contributed by atoms with Gasteiger partial charge in [-0.2, -0.15) is 0 Å². The van der Waals surface area contributed by atoms with Crippen molar-refractivity contribution in [2.75, 3.05) is 19.4 Å². The SMILES string of the molecule is CC(CCN1Cc2cc(C#Cc3ccc(C4C[C@@H]4CO)cc3)cn2C1=O)(C(N)=O)S(C)(=O)=O. The average molecular weight is 470 g/mol. The molecule has 0 saturated heterocycles. The smallest absolute Gasteiger partial charge is 0.328 e. The fourth-order valence-corrected chi connectivity index (χ4v) is 4.95. The molecule has 0 spiro atoms. The van der Waals surface area contributed by atoms with Gasteiger partial charge in [0.25, 0.3) is 0 Å². The van der Waals surface area contributed by atoms with Crippen molar-refractivity contribution >= 4 is 21.8 Å². The van der Waals surface area contributed by atoms with Gasteiger partial charge >= 0.3 is 6.03 Å². The summed E-state index contributed by atoms with van der Waals surface area (Å²) < 4.78 is 23.8. The minimum atomic E-state index is -3.72. The van der Waals surface area contributed by atoms with Crippen LogP contribution in [0.3, 0.4) is 0 Å². The Balaban J connectivity index is 1.40. The third-order valence-electron chi connectivity index (χ3n) is 6.77. The number of amides is 2. The molecule has 0 radical (unpaired) electrons. The number of hydrogen-bond acceptors (Lipinski definition) is 5. The number of carbonyl (C=O) groups is 2. The number of benzene rings is 1. The molecular formula is C24H27N3O5S. The van der Waals surface area contributed by atoms with Gasteiger partial charge in [-0.05, 0) is 55.4 Å². The first kappa shape index (κ1) is 23.1. The van der Waals surface area contributed by atoms with E-state index in [9.17, 15) is 23.1 Å². The second kappa shape index (κ2) is 8.36. The van der Waals surface area contributed by atoms with E-state index in [1.807, 2.05) is 30.3 Å². The normalized spacial score (nSPS) is 21.2. The number of primary amides is 1. The molecule has 1 aliphatic heterocycles. The topological polar surface area (TPSA) is 123 Å². The van der Waals surface area contributed by atoms with Crippen molar-refractivity contribution in [2.24, 2.45) is 11.7 Å². The zero-order valence-corrected chi connectivity index (χ0v) is 19.4. The van der Waals surface area contributed by atoms with Crippen LogP contribution in [0.2, 0.25) is 0 Å². The maximum atomic E-state index is 12.7. The lowest BCUT2D eigenvalue weighted by atomic mass is 10.1. The Morgan fingerprint density at radius 2 is 1.91 bits per heavy atom. The molecule has 0 bridgehead atoms. The van der Waals surface area contributed by atoms with Crippen molar-refractivity contribution < 1.29 is 23.1 Å². The molecule has 1 aromatic carbocycles. The molecule has 1 fully saturated rings. The number of hydrogen-bond donors (Lipinski definition) is 2. The molecule has 2 aromatic rings. The Labute approximate surface area is 193 Å². The highest BCUT2D eigenvalue weighted by Crippen LogP contribution is 2.46. The fraction of sp³-hybridized carbons (Fsp3) is 0.417. The predicted octanol–water partition coefficient (Wildman–Crippen LogP) is 1.45. The first-order valence-corrected chi connectivity index (χ1v) is 12.7. The molecule has 1 aromatic heterocycles. The summed E-state index contributed by atoms with van der Waals surface area (Å²) in [5.74, 6) is 6.08. The van der Waals surface area contributed by atoms with E-state index in [0.29, 0.717) is 23.9 Å². The third-order valence-corrected chi connectivity index (χ3v) is 8.82. The van der Waals surface area contributed by atoms with E-state index in [1.165, 1.54) is 22.0 Å². The summed E-state index contributed by atoms with van der Waals surface area (Å²) in [7, 11) is -3.72. The van der Waals surface area contributed by atoms with Crippen molar-refractivity contribution in [2.45, 2.75) is 37.0 Å². The molecule has 2 heterocycles. The highest BCUT2D eigenvalue weighted by Gasteiger charge is 2.43. The number of nitrogens with zero attached hydrogens (tertiary/aromatic N) is 2. The second-order valence-corrected chi connectivity index (χ2v) is 11.5. The van der Waals surface area contributed by atoms with Crippen LogP contribution in [0.15, 0.2) is 36.5 Å². The van der Waals surface area contributed by atoms with E-state index in [0.717, 1.165) is 23.9 Å². The van der Waals surface area contributed by atoms with E-state index in [4.69, 9.17) is 5.73 Å². The number of aliphatic hydroxyl groups is 1. The van der Waals surface area contributed by atoms with Crippen LogP contribution in [0.25, 0.3) is 0 Å². The van der Waals surface area contributed by atoms with E-state index in [1.54, 1.807) is 6.20 Å². The van der Waals surface area contributed by atoms with Crippen LogP contribution in [0.5, 0.6) is 0 Å². The first-order chi connectivity index (χ1) is 15.5. The van der Waals surface area contributed by atoms with Crippen LogP contribution >= 0.6 is 0 Å². The molecule has 2 unspecified atom stereocenters. The fourth-order valence-electron chi connectivity index (χ4n) is 4.12. The molecule has 3 N–H and O–H groups in total. The largest absolute Gasteiger partial charge is 0.396 e. The molecule has 1 saturated carbocycles. The van der Waals surface area contributed by atoms with E-state index in [-0.39, 0.29) is 25.6 Å². The van der Waals surface area contributed by atoms with Gasteiger partial charge in [-0.1, -0.05) is 24.0 Å². The number of fused-ring (bicyclic) bond motifs is 1. The maximum absolute atomic E-state index is 12.7. The van der Waals surface area contributed by atoms with Crippen molar-refractivity contribution in [1.82, 2.24) is 9.47 Å². The van der Waals surface area contributed by atoms with Crippen molar-refractivity contribution in [3.63, 3.8) is 0 Å². The molecule has 8 nitrogen and oxygen atoms in total. The summed E-state index contributed by atoms with van der Waals surface area (Å²) in [6, 6.07) is 9.56. The zero-order valence-electron chi connectivity index (χ0n) is 18.6. The quantitative estimate of drug-likeness (QED) is 0.594. The van der Waals surface area contributed by atoms with Crippen LogP contribution in [0.1, 0.15) is 48.1 Å². The molecule has 1 aliphatic carbocycles. The van der Waals surface area contributed by atoms with Crippen LogP contribution in [-0.2, 0) is 21.2 Å². The lowest BCUT2D eigenvalue weighted by molar-refractivity contribution is -0.120. The van der Waals surface area contributed by atoms with Crippen LogP contribution in [-0.4, -0.2) is 59.1 Å². The molecular weight excluding hydrogens is 442 g/mol. The summed E-state index contributed by atoms with van der Waals surface area (Å²) >= 11 is 0. The van der Waals surface area contributed by atoms with Gasteiger partial charge in [-0.3, -0.25) is 9.36 Å². The van der Waals surface area contributed by atoms with Gasteiger partial charge in [-0.15, -0.1) is 0 Å². The minimum absolute atomic E-state index is 0.0691. The minimum Gasteiger partial charge on any atom is -0.396 e. The van der Waals surface area contributed by atoms with E-state index < -0.39 is 20.5 Å². The first-order valence-electron chi connectivity index (χ1n) is 10.8. The number of nitrogens with two attached hydrogens (primary N) is 1. The van der Waals surface area contributed by atoms with Crippen LogP contribution < -0.4 is 5.73 Å². The van der Waals surface area contributed by atoms with Crippen LogP contribution in [0.4, 0.5) is 4.79 Å². The molecule has 2 aliphatic rings. The summed E-state index contributed by atoms with van der Waals surface area (Å²) in [4.78, 5) is 26.0. The Bertz CT molecular complexity index is 1270. The Morgan fingerprint density at radius 1 is 1.24 bits per heavy atom. The number of carbonyl (C=O) groups excluding carboxylic acids is 2. The predicted molar refractivity (Wildman–Crippen MR) is 123 cm³/mol. The van der Waals surface area contributed by atoms with Crippen LogP contribution in [0, 0.1) is 17.8 Å².